The van der Waals surface area contributed by atoms with Gasteiger partial charge in [-0.2, -0.15) is 5.10 Å². The summed E-state index contributed by atoms with van der Waals surface area (Å²) in [5, 5.41) is 5.06. The molecule has 0 amide bonds. The average molecular weight is 295 g/mol. The second-order valence-corrected chi connectivity index (χ2v) is 5.01. The van der Waals surface area contributed by atoms with E-state index in [4.69, 9.17) is 23.2 Å². The number of nitrogens with zero attached hydrogens (tertiary/aromatic N) is 2. The number of rotatable bonds is 3. The fourth-order valence-corrected chi connectivity index (χ4v) is 2.23. The molecular weight excluding hydrogens is 283 g/mol. The monoisotopic (exact) mass is 294 g/mol. The number of aromatic nitrogens is 2. The maximum absolute atomic E-state index is 12.0. The van der Waals surface area contributed by atoms with Gasteiger partial charge < -0.3 is 0 Å². The molecule has 1 aromatic carbocycles. The van der Waals surface area contributed by atoms with Gasteiger partial charge in [0.1, 0.15) is 0 Å². The van der Waals surface area contributed by atoms with Crippen LogP contribution >= 0.6 is 23.2 Å². The van der Waals surface area contributed by atoms with Crippen molar-refractivity contribution in [3.05, 3.63) is 57.3 Å². The van der Waals surface area contributed by atoms with Gasteiger partial charge in [-0.15, -0.1) is 0 Å². The topological polar surface area (TPSA) is 34.9 Å². The number of benzene rings is 1. The molecule has 0 saturated carbocycles. The van der Waals surface area contributed by atoms with E-state index in [0.29, 0.717) is 15.6 Å². The molecule has 0 N–H and O–H groups in total. The second-order valence-electron chi connectivity index (χ2n) is 4.17. The van der Waals surface area contributed by atoms with Gasteiger partial charge >= 0.3 is 0 Å². The molecule has 1 aromatic heterocycles. The third-order valence-corrected chi connectivity index (χ3v) is 3.21. The quantitative estimate of drug-likeness (QED) is 0.635. The largest absolute Gasteiger partial charge is 0.289 e. The van der Waals surface area contributed by atoms with E-state index < -0.39 is 0 Å². The van der Waals surface area contributed by atoms with Gasteiger partial charge in [0, 0.05) is 29.4 Å². The van der Waals surface area contributed by atoms with Crippen LogP contribution in [0.1, 0.15) is 21.6 Å². The van der Waals surface area contributed by atoms with E-state index in [1.165, 1.54) is 6.08 Å². The van der Waals surface area contributed by atoms with E-state index in [9.17, 15) is 4.79 Å². The van der Waals surface area contributed by atoms with Gasteiger partial charge in [0.05, 0.1) is 10.7 Å². The Hall–Kier alpha value is -1.58. The van der Waals surface area contributed by atoms with Crippen LogP contribution in [0.2, 0.25) is 10.0 Å². The Kier molecular flexibility index (Phi) is 4.08. The molecule has 0 aliphatic carbocycles. The van der Waals surface area contributed by atoms with Gasteiger partial charge in [-0.3, -0.25) is 9.48 Å². The summed E-state index contributed by atoms with van der Waals surface area (Å²) in [6, 6.07) is 4.82. The van der Waals surface area contributed by atoms with Gasteiger partial charge in [0.25, 0.3) is 0 Å². The molecule has 1 heterocycles. The van der Waals surface area contributed by atoms with Gasteiger partial charge in [-0.05, 0) is 37.3 Å². The summed E-state index contributed by atoms with van der Waals surface area (Å²) >= 11 is 11.8. The summed E-state index contributed by atoms with van der Waals surface area (Å²) in [5.41, 5.74) is 2.21. The Balaban J connectivity index is 2.23. The van der Waals surface area contributed by atoms with E-state index >= 15 is 0 Å². The minimum Gasteiger partial charge on any atom is -0.289 e. The van der Waals surface area contributed by atoms with Crippen molar-refractivity contribution in [3.8, 4) is 0 Å². The van der Waals surface area contributed by atoms with E-state index in [2.05, 4.69) is 5.10 Å². The molecular formula is C14H12Cl2N2O. The number of carbonyl (C=O) groups is 1. The number of allylic oxidation sites excluding steroid dienone is 1. The van der Waals surface area contributed by atoms with Crippen LogP contribution < -0.4 is 0 Å². The Bertz CT molecular complexity index is 659. The molecule has 0 atom stereocenters. The Labute approximate surface area is 121 Å². The molecule has 0 fully saturated rings. The number of ketones is 1. The highest BCUT2D eigenvalue weighted by Gasteiger charge is 2.08. The zero-order valence-corrected chi connectivity index (χ0v) is 12.0. The van der Waals surface area contributed by atoms with Crippen molar-refractivity contribution in [3.63, 3.8) is 0 Å². The minimum atomic E-state index is -0.162. The van der Waals surface area contributed by atoms with Crippen LogP contribution in [0.15, 0.2) is 30.5 Å². The van der Waals surface area contributed by atoms with Gasteiger partial charge in [0.15, 0.2) is 5.78 Å². The maximum atomic E-state index is 12.0. The third kappa shape index (κ3) is 3.25. The highest BCUT2D eigenvalue weighted by Crippen LogP contribution is 2.22. The summed E-state index contributed by atoms with van der Waals surface area (Å²) in [6.07, 6.45) is 5.07. The number of aryl methyl sites for hydroxylation is 2. The molecule has 0 aliphatic rings. The van der Waals surface area contributed by atoms with Gasteiger partial charge in [-0.25, -0.2) is 0 Å². The van der Waals surface area contributed by atoms with Gasteiger partial charge in [-0.1, -0.05) is 23.2 Å². The smallest absolute Gasteiger partial charge is 0.187 e. The van der Waals surface area contributed by atoms with Crippen molar-refractivity contribution in [1.82, 2.24) is 9.78 Å². The summed E-state index contributed by atoms with van der Waals surface area (Å²) < 4.78 is 1.70. The number of halogens is 2. The lowest BCUT2D eigenvalue weighted by atomic mass is 10.1. The van der Waals surface area contributed by atoms with Gasteiger partial charge in [0.2, 0.25) is 0 Å². The van der Waals surface area contributed by atoms with Crippen LogP contribution in [-0.4, -0.2) is 15.6 Å². The Morgan fingerprint density at radius 1 is 1.37 bits per heavy atom. The first-order chi connectivity index (χ1) is 8.97. The minimum absolute atomic E-state index is 0.162. The summed E-state index contributed by atoms with van der Waals surface area (Å²) in [4.78, 5) is 12.0. The molecule has 19 heavy (non-hydrogen) atoms. The molecule has 0 radical (unpaired) electrons. The molecule has 0 saturated heterocycles. The van der Waals surface area contributed by atoms with E-state index in [0.717, 1.165) is 11.3 Å². The number of hydrogen-bond acceptors (Lipinski definition) is 2. The van der Waals surface area contributed by atoms with Crippen molar-refractivity contribution in [2.75, 3.05) is 0 Å². The normalized spacial score (nSPS) is 11.2. The zero-order valence-electron chi connectivity index (χ0n) is 10.5. The summed E-state index contributed by atoms with van der Waals surface area (Å²) in [6.45, 7) is 1.89. The number of carbonyl (C=O) groups excluding carboxylic acids is 1. The lowest BCUT2D eigenvalue weighted by Crippen LogP contribution is -1.95. The van der Waals surface area contributed by atoms with Crippen molar-refractivity contribution in [2.24, 2.45) is 7.05 Å². The molecule has 2 aromatic rings. The van der Waals surface area contributed by atoms with Crippen molar-refractivity contribution >= 4 is 35.1 Å². The molecule has 0 unspecified atom stereocenters. The van der Waals surface area contributed by atoms with E-state index in [-0.39, 0.29) is 5.78 Å². The molecule has 2 rings (SSSR count). The van der Waals surface area contributed by atoms with Crippen molar-refractivity contribution < 1.29 is 4.79 Å². The molecule has 5 heteroatoms. The Morgan fingerprint density at radius 2 is 2.11 bits per heavy atom. The van der Waals surface area contributed by atoms with Crippen LogP contribution in [0.4, 0.5) is 0 Å². The van der Waals surface area contributed by atoms with E-state index in [1.807, 2.05) is 20.2 Å². The fourth-order valence-electron chi connectivity index (χ4n) is 1.73. The maximum Gasteiger partial charge on any atom is 0.187 e. The Morgan fingerprint density at radius 3 is 2.68 bits per heavy atom. The molecule has 98 valence electrons. The first-order valence-electron chi connectivity index (χ1n) is 5.65. The van der Waals surface area contributed by atoms with Crippen LogP contribution in [-0.2, 0) is 7.05 Å². The van der Waals surface area contributed by atoms with Crippen LogP contribution in [0.5, 0.6) is 0 Å². The highest BCUT2D eigenvalue weighted by atomic mass is 35.5. The first-order valence-corrected chi connectivity index (χ1v) is 6.40. The molecule has 0 bridgehead atoms. The standard InChI is InChI=1S/C14H12Cl2N2O/c1-9-10(8-18(2)17-9)3-6-14(19)12-5-4-11(15)7-13(12)16/h3-8H,1-2H3. The highest BCUT2D eigenvalue weighted by molar-refractivity contribution is 6.37. The van der Waals surface area contributed by atoms with Crippen molar-refractivity contribution in [1.29, 1.82) is 0 Å². The number of hydrogen-bond donors (Lipinski definition) is 0. The molecule has 0 spiro atoms. The fraction of sp³-hybridized carbons (Fsp3) is 0.143. The molecule has 3 nitrogen and oxygen atoms in total. The lowest BCUT2D eigenvalue weighted by Gasteiger charge is -2.00. The SMILES string of the molecule is Cc1nn(C)cc1C=CC(=O)c1ccc(Cl)cc1Cl. The lowest BCUT2D eigenvalue weighted by molar-refractivity contribution is 0.104. The average Bonchev–Trinajstić information content (AvgIpc) is 2.65. The van der Waals surface area contributed by atoms with Crippen molar-refractivity contribution in [2.45, 2.75) is 6.92 Å². The predicted molar refractivity (Wildman–Crippen MR) is 77.8 cm³/mol. The van der Waals surface area contributed by atoms with Crippen LogP contribution in [0, 0.1) is 6.92 Å². The predicted octanol–water partition coefficient (Wildman–Crippen LogP) is 3.93. The third-order valence-electron chi connectivity index (χ3n) is 2.66. The van der Waals surface area contributed by atoms with Crippen LogP contribution in [0.3, 0.4) is 0 Å². The molecule has 0 aliphatic heterocycles. The summed E-state index contributed by atoms with van der Waals surface area (Å²) in [5.74, 6) is -0.162. The second kappa shape index (κ2) is 5.59. The summed E-state index contributed by atoms with van der Waals surface area (Å²) in [7, 11) is 1.84. The van der Waals surface area contributed by atoms with E-state index in [1.54, 1.807) is 29.0 Å². The van der Waals surface area contributed by atoms with Crippen LogP contribution in [0.25, 0.3) is 6.08 Å². The zero-order chi connectivity index (χ0) is 14.0. The first kappa shape index (κ1) is 13.8.